The van der Waals surface area contributed by atoms with Crippen LogP contribution in [0.4, 0.5) is 0 Å². The van der Waals surface area contributed by atoms with Crippen LogP contribution in [-0.2, 0) is 10.0 Å². The molecule has 7 nitrogen and oxygen atoms in total. The Bertz CT molecular complexity index is 1310. The lowest BCUT2D eigenvalue weighted by Gasteiger charge is -2.24. The maximum atomic E-state index is 12.9. The van der Waals surface area contributed by atoms with Gasteiger partial charge in [0, 0.05) is 7.05 Å². The minimum atomic E-state index is -3.82. The number of nitrogens with two attached hydrogens (primary N) is 1. The number of aromatic nitrogens is 1. The molecule has 1 atom stereocenters. The van der Waals surface area contributed by atoms with E-state index >= 15 is 0 Å². The quantitative estimate of drug-likeness (QED) is 0.503. The van der Waals surface area contributed by atoms with E-state index in [9.17, 15) is 13.2 Å². The van der Waals surface area contributed by atoms with Crippen LogP contribution in [0.3, 0.4) is 0 Å². The van der Waals surface area contributed by atoms with E-state index in [-0.39, 0.29) is 16.6 Å². The van der Waals surface area contributed by atoms with Gasteiger partial charge in [0.25, 0.3) is 5.91 Å². The van der Waals surface area contributed by atoms with Crippen molar-refractivity contribution in [3.05, 3.63) is 72.0 Å². The first-order valence-corrected chi connectivity index (χ1v) is 11.5. The summed E-state index contributed by atoms with van der Waals surface area (Å²) in [5.41, 5.74) is 1.53. The highest BCUT2D eigenvalue weighted by molar-refractivity contribution is 7.89. The molecule has 0 saturated heterocycles. The van der Waals surface area contributed by atoms with Crippen LogP contribution in [0, 0.1) is 0 Å². The highest BCUT2D eigenvalue weighted by atomic mass is 32.2. The molecule has 0 aliphatic rings. The molecule has 0 aliphatic heterocycles. The molecular weight excluding hydrogens is 422 g/mol. The molecule has 9 heteroatoms. The topological polar surface area (TPSA) is 106 Å². The zero-order valence-corrected chi connectivity index (χ0v) is 17.9. The second-order valence-corrected chi connectivity index (χ2v) is 9.45. The van der Waals surface area contributed by atoms with Gasteiger partial charge in [0.15, 0.2) is 16.5 Å². The standard InChI is InChI=1S/C21H19N3O4S2/c1-13(14-6-5-7-15(12-14)30(22,26)27)24(2)21(25)18-11-10-17(28-18)20-23-16-8-3-4-9-19(16)29-20/h3-13H,1-2H3,(H2,22,26,27). The van der Waals surface area contributed by atoms with E-state index in [0.717, 1.165) is 10.2 Å². The van der Waals surface area contributed by atoms with Crippen molar-refractivity contribution in [2.75, 3.05) is 7.05 Å². The lowest BCUT2D eigenvalue weighted by atomic mass is 10.1. The highest BCUT2D eigenvalue weighted by Gasteiger charge is 2.23. The molecule has 0 spiro atoms. The molecule has 0 saturated carbocycles. The Morgan fingerprint density at radius 2 is 1.90 bits per heavy atom. The highest BCUT2D eigenvalue weighted by Crippen LogP contribution is 2.32. The van der Waals surface area contributed by atoms with Gasteiger partial charge in [-0.3, -0.25) is 4.79 Å². The third kappa shape index (κ3) is 3.87. The van der Waals surface area contributed by atoms with Gasteiger partial charge in [0.1, 0.15) is 0 Å². The largest absolute Gasteiger partial charge is 0.448 e. The van der Waals surface area contributed by atoms with Crippen LogP contribution < -0.4 is 5.14 Å². The number of thiazole rings is 1. The van der Waals surface area contributed by atoms with Crippen molar-refractivity contribution < 1.29 is 17.6 Å². The maximum Gasteiger partial charge on any atom is 0.289 e. The molecule has 2 heterocycles. The van der Waals surface area contributed by atoms with Gasteiger partial charge < -0.3 is 9.32 Å². The molecule has 1 amide bonds. The number of hydrogen-bond donors (Lipinski definition) is 1. The number of carbonyl (C=O) groups is 1. The number of para-hydroxylation sites is 1. The summed E-state index contributed by atoms with van der Waals surface area (Å²) in [6.07, 6.45) is 0. The Morgan fingerprint density at radius 3 is 2.63 bits per heavy atom. The van der Waals surface area contributed by atoms with E-state index < -0.39 is 16.1 Å². The Kier molecular flexibility index (Phi) is 5.19. The predicted octanol–water partition coefficient (Wildman–Crippen LogP) is 4.04. The molecule has 2 aromatic carbocycles. The van der Waals surface area contributed by atoms with Crippen LogP contribution in [0.2, 0.25) is 0 Å². The molecule has 0 fully saturated rings. The van der Waals surface area contributed by atoms with Crippen LogP contribution in [0.15, 0.2) is 70.0 Å². The fraction of sp³-hybridized carbons (Fsp3) is 0.143. The minimum Gasteiger partial charge on any atom is -0.448 e. The monoisotopic (exact) mass is 441 g/mol. The lowest BCUT2D eigenvalue weighted by molar-refractivity contribution is 0.0711. The van der Waals surface area contributed by atoms with Crippen molar-refractivity contribution in [1.82, 2.24) is 9.88 Å². The number of hydrogen-bond acceptors (Lipinski definition) is 6. The van der Waals surface area contributed by atoms with E-state index in [2.05, 4.69) is 4.98 Å². The van der Waals surface area contributed by atoms with Crippen LogP contribution in [0.25, 0.3) is 21.0 Å². The molecule has 2 aromatic heterocycles. The number of rotatable bonds is 5. The third-order valence-corrected chi connectivity index (χ3v) is 6.85. The summed E-state index contributed by atoms with van der Waals surface area (Å²) in [5, 5.41) is 5.91. The second kappa shape index (κ2) is 7.67. The molecule has 0 aliphatic carbocycles. The van der Waals surface area contributed by atoms with Gasteiger partial charge in [0.2, 0.25) is 10.0 Å². The molecule has 30 heavy (non-hydrogen) atoms. The van der Waals surface area contributed by atoms with Crippen molar-refractivity contribution in [1.29, 1.82) is 0 Å². The second-order valence-electron chi connectivity index (χ2n) is 6.86. The smallest absolute Gasteiger partial charge is 0.289 e. The van der Waals surface area contributed by atoms with E-state index in [1.807, 2.05) is 24.3 Å². The molecule has 4 rings (SSSR count). The maximum absolute atomic E-state index is 12.9. The average Bonchev–Trinajstić information content (AvgIpc) is 3.38. The fourth-order valence-electron chi connectivity index (χ4n) is 3.07. The van der Waals surface area contributed by atoms with Crippen molar-refractivity contribution in [3.63, 3.8) is 0 Å². The number of sulfonamides is 1. The molecule has 0 radical (unpaired) electrons. The third-order valence-electron chi connectivity index (χ3n) is 4.89. The van der Waals surface area contributed by atoms with Gasteiger partial charge in [-0.05, 0) is 48.9 Å². The van der Waals surface area contributed by atoms with Crippen molar-refractivity contribution in [2.24, 2.45) is 5.14 Å². The zero-order chi connectivity index (χ0) is 21.5. The molecule has 4 aromatic rings. The van der Waals surface area contributed by atoms with Gasteiger partial charge in [-0.25, -0.2) is 18.5 Å². The number of nitrogens with zero attached hydrogens (tertiary/aromatic N) is 2. The average molecular weight is 442 g/mol. The van der Waals surface area contributed by atoms with Crippen LogP contribution in [-0.4, -0.2) is 31.3 Å². The Hall–Kier alpha value is -3.01. The van der Waals surface area contributed by atoms with E-state index in [1.54, 1.807) is 38.2 Å². The molecular formula is C21H19N3O4S2. The number of carbonyl (C=O) groups excluding carboxylic acids is 1. The summed E-state index contributed by atoms with van der Waals surface area (Å²) in [7, 11) is -2.19. The summed E-state index contributed by atoms with van der Waals surface area (Å²) in [6.45, 7) is 1.80. The SMILES string of the molecule is CC(c1cccc(S(N)(=O)=O)c1)N(C)C(=O)c1ccc(-c2nc3ccccc3s2)o1. The molecule has 154 valence electrons. The Balaban J connectivity index is 1.57. The summed E-state index contributed by atoms with van der Waals surface area (Å²) < 4.78 is 30.1. The van der Waals surface area contributed by atoms with E-state index in [4.69, 9.17) is 9.56 Å². The van der Waals surface area contributed by atoms with Crippen molar-refractivity contribution in [2.45, 2.75) is 17.9 Å². The van der Waals surface area contributed by atoms with Gasteiger partial charge in [0.05, 0.1) is 21.2 Å². The number of benzene rings is 2. The van der Waals surface area contributed by atoms with Crippen molar-refractivity contribution in [3.8, 4) is 10.8 Å². The van der Waals surface area contributed by atoms with Crippen LogP contribution >= 0.6 is 11.3 Å². The normalized spacial score (nSPS) is 12.8. The zero-order valence-electron chi connectivity index (χ0n) is 16.3. The number of amides is 1. The van der Waals surface area contributed by atoms with Gasteiger partial charge in [-0.15, -0.1) is 11.3 Å². The van der Waals surface area contributed by atoms with Gasteiger partial charge in [-0.1, -0.05) is 24.3 Å². The van der Waals surface area contributed by atoms with E-state index in [1.165, 1.54) is 28.4 Å². The fourth-order valence-corrected chi connectivity index (χ4v) is 4.57. The summed E-state index contributed by atoms with van der Waals surface area (Å²) >= 11 is 1.49. The predicted molar refractivity (Wildman–Crippen MR) is 116 cm³/mol. The first kappa shape index (κ1) is 20.3. The number of fused-ring (bicyclic) bond motifs is 1. The van der Waals surface area contributed by atoms with Crippen LogP contribution in [0.1, 0.15) is 29.1 Å². The van der Waals surface area contributed by atoms with Gasteiger partial charge >= 0.3 is 0 Å². The molecule has 0 bridgehead atoms. The Labute approximate surface area is 177 Å². The first-order valence-electron chi connectivity index (χ1n) is 9.10. The molecule has 2 N–H and O–H groups in total. The van der Waals surface area contributed by atoms with Gasteiger partial charge in [-0.2, -0.15) is 0 Å². The summed E-state index contributed by atoms with van der Waals surface area (Å²) in [4.78, 5) is 19.0. The Morgan fingerprint density at radius 1 is 1.13 bits per heavy atom. The lowest BCUT2D eigenvalue weighted by Crippen LogP contribution is -2.29. The minimum absolute atomic E-state index is 0.00354. The van der Waals surface area contributed by atoms with E-state index in [0.29, 0.717) is 16.3 Å². The summed E-state index contributed by atoms with van der Waals surface area (Å²) in [6, 6.07) is 17.0. The summed E-state index contributed by atoms with van der Waals surface area (Å²) in [5.74, 6) is 0.383. The van der Waals surface area contributed by atoms with Crippen LogP contribution in [0.5, 0.6) is 0 Å². The number of primary sulfonamides is 1. The number of furan rings is 1. The molecule has 1 unspecified atom stereocenters. The first-order chi connectivity index (χ1) is 14.2. The van der Waals surface area contributed by atoms with Crippen molar-refractivity contribution >= 4 is 37.5 Å².